The number of ether oxygens (including phenoxy) is 1. The van der Waals surface area contributed by atoms with Crippen LogP contribution in [0, 0.1) is 18.8 Å². The van der Waals surface area contributed by atoms with E-state index in [1.807, 2.05) is 13.0 Å². The van der Waals surface area contributed by atoms with Gasteiger partial charge in [-0.1, -0.05) is 35.9 Å². The lowest BCUT2D eigenvalue weighted by Gasteiger charge is -2.31. The molecule has 0 unspecified atom stereocenters. The molecule has 0 spiro atoms. The smallest absolute Gasteiger partial charge is 0.389 e. The molecule has 0 aromatic heterocycles. The van der Waals surface area contributed by atoms with Crippen molar-refractivity contribution in [2.45, 2.75) is 51.1 Å². The molecule has 0 saturated heterocycles. The number of aryl methyl sites for hydroxylation is 1. The Morgan fingerprint density at radius 3 is 2.31 bits per heavy atom. The summed E-state index contributed by atoms with van der Waals surface area (Å²) in [6.45, 7) is 2.01. The lowest BCUT2D eigenvalue weighted by Crippen LogP contribution is -2.52. The van der Waals surface area contributed by atoms with E-state index in [1.165, 1.54) is 4.90 Å². The number of nitrogens with zero attached hydrogens (tertiary/aromatic N) is 2. The minimum Gasteiger partial charge on any atom is -0.490 e. The van der Waals surface area contributed by atoms with Gasteiger partial charge in [-0.25, -0.2) is 4.99 Å². The number of alkyl halides is 6. The molecule has 0 bridgehead atoms. The predicted octanol–water partition coefficient (Wildman–Crippen LogP) is 4.42. The van der Waals surface area contributed by atoms with Gasteiger partial charge in [0.05, 0.1) is 17.9 Å². The summed E-state index contributed by atoms with van der Waals surface area (Å²) in [5.74, 6) is -6.73. The third kappa shape index (κ3) is 7.21. The Kier molecular flexibility index (Phi) is 8.83. The van der Waals surface area contributed by atoms with Gasteiger partial charge in [0, 0.05) is 35.8 Å². The monoisotopic (exact) mass is 598 g/mol. The van der Waals surface area contributed by atoms with Gasteiger partial charge < -0.3 is 20.7 Å². The van der Waals surface area contributed by atoms with Crippen LogP contribution in [0.4, 0.5) is 32.0 Å². The number of halogens is 6. The number of nitrogens with one attached hydrogen (secondary N) is 1. The van der Waals surface area contributed by atoms with E-state index in [-0.39, 0.29) is 18.9 Å². The topological polar surface area (TPSA) is 114 Å². The Balaban J connectivity index is 1.75. The molecular weight excluding hydrogens is 570 g/mol. The van der Waals surface area contributed by atoms with Crippen LogP contribution in [0.5, 0.6) is 5.75 Å². The number of rotatable bonds is 9. The van der Waals surface area contributed by atoms with Gasteiger partial charge >= 0.3 is 12.4 Å². The van der Waals surface area contributed by atoms with Gasteiger partial charge in [-0.15, -0.1) is 0 Å². The Morgan fingerprint density at radius 1 is 1.05 bits per heavy atom. The second-order valence-electron chi connectivity index (χ2n) is 10.2. The number of amides is 3. The third-order valence-corrected chi connectivity index (χ3v) is 7.09. The maximum atomic E-state index is 13.7. The van der Waals surface area contributed by atoms with Crippen molar-refractivity contribution in [3.63, 3.8) is 0 Å². The van der Waals surface area contributed by atoms with E-state index in [2.05, 4.69) is 10.3 Å². The number of para-hydroxylation sites is 1. The largest absolute Gasteiger partial charge is 0.490 e. The standard InChI is InChI=1S/C28H28F6N4O4/c1-15-4-2-5-16(14-15)21-19-6-3-7-20-22(19)38(12-13-42-20)26(41)24(36-21)37-25(40)18(9-11-28(32,33)34)17(23(35)39)8-10-27(29,30)31/h2-7,14,17-18,24H,8-13H2,1H3,(H2,35,39)(H,37,40)/t17-,18+,24-/m1/s1. The van der Waals surface area contributed by atoms with Crippen molar-refractivity contribution in [3.05, 3.63) is 59.2 Å². The molecule has 42 heavy (non-hydrogen) atoms. The van der Waals surface area contributed by atoms with Gasteiger partial charge in [0.1, 0.15) is 12.4 Å². The first-order valence-corrected chi connectivity index (χ1v) is 13.1. The number of hydrogen-bond donors (Lipinski definition) is 2. The molecule has 2 aliphatic rings. The Morgan fingerprint density at radius 2 is 1.69 bits per heavy atom. The molecule has 4 rings (SSSR count). The molecule has 0 radical (unpaired) electrons. The second-order valence-corrected chi connectivity index (χ2v) is 10.2. The fourth-order valence-corrected chi connectivity index (χ4v) is 5.14. The van der Waals surface area contributed by atoms with E-state index in [0.29, 0.717) is 22.6 Å². The number of carbonyl (C=O) groups is 3. The fraction of sp³-hybridized carbons (Fsp3) is 0.429. The van der Waals surface area contributed by atoms with Crippen LogP contribution in [0.1, 0.15) is 42.4 Å². The zero-order valence-electron chi connectivity index (χ0n) is 22.4. The van der Waals surface area contributed by atoms with Crippen LogP contribution < -0.4 is 20.7 Å². The first-order chi connectivity index (χ1) is 19.6. The highest BCUT2D eigenvalue weighted by molar-refractivity contribution is 6.21. The maximum Gasteiger partial charge on any atom is 0.389 e. The van der Waals surface area contributed by atoms with Crippen LogP contribution >= 0.6 is 0 Å². The minimum atomic E-state index is -4.77. The Labute approximate surface area is 236 Å². The number of benzene rings is 2. The molecule has 14 heteroatoms. The van der Waals surface area contributed by atoms with Crippen LogP contribution in [-0.4, -0.2) is 55.1 Å². The van der Waals surface area contributed by atoms with Crippen molar-refractivity contribution >= 4 is 29.1 Å². The fourth-order valence-electron chi connectivity index (χ4n) is 5.14. The van der Waals surface area contributed by atoms with E-state index in [1.54, 1.807) is 36.4 Å². The van der Waals surface area contributed by atoms with E-state index >= 15 is 0 Å². The van der Waals surface area contributed by atoms with Gasteiger partial charge in [-0.2, -0.15) is 26.3 Å². The summed E-state index contributed by atoms with van der Waals surface area (Å²) < 4.78 is 84.0. The van der Waals surface area contributed by atoms with Crippen molar-refractivity contribution in [1.82, 2.24) is 5.32 Å². The van der Waals surface area contributed by atoms with Crippen molar-refractivity contribution in [2.75, 3.05) is 18.1 Å². The number of nitrogens with two attached hydrogens (primary N) is 1. The highest BCUT2D eigenvalue weighted by atomic mass is 19.4. The number of carbonyl (C=O) groups excluding carboxylic acids is 3. The molecule has 2 heterocycles. The zero-order valence-corrected chi connectivity index (χ0v) is 22.4. The van der Waals surface area contributed by atoms with E-state index in [9.17, 15) is 40.7 Å². The molecule has 0 saturated carbocycles. The molecule has 2 aliphatic heterocycles. The second kappa shape index (κ2) is 12.0. The van der Waals surface area contributed by atoms with E-state index in [0.717, 1.165) is 5.56 Å². The molecule has 226 valence electrons. The highest BCUT2D eigenvalue weighted by Gasteiger charge is 2.42. The molecule has 2 aromatic rings. The van der Waals surface area contributed by atoms with Crippen LogP contribution in [0.15, 0.2) is 47.5 Å². The molecular formula is C28H28F6N4O4. The first kappa shape index (κ1) is 30.8. The first-order valence-electron chi connectivity index (χ1n) is 13.1. The van der Waals surface area contributed by atoms with E-state index < -0.39 is 73.8 Å². The molecule has 0 fully saturated rings. The number of hydrogen-bond acceptors (Lipinski definition) is 5. The normalized spacial score (nSPS) is 18.3. The van der Waals surface area contributed by atoms with E-state index in [4.69, 9.17) is 10.5 Å². The van der Waals surface area contributed by atoms with Gasteiger partial charge in [-0.3, -0.25) is 14.4 Å². The number of primary amides is 1. The Bertz CT molecular complexity index is 1390. The van der Waals surface area contributed by atoms with Crippen LogP contribution in [-0.2, 0) is 14.4 Å². The summed E-state index contributed by atoms with van der Waals surface area (Å²) in [4.78, 5) is 45.2. The lowest BCUT2D eigenvalue weighted by molar-refractivity contribution is -0.152. The summed E-state index contributed by atoms with van der Waals surface area (Å²) in [5.41, 5.74) is 7.86. The highest BCUT2D eigenvalue weighted by Crippen LogP contribution is 2.39. The molecule has 3 amide bonds. The zero-order chi connectivity index (χ0) is 30.8. The lowest BCUT2D eigenvalue weighted by atomic mass is 9.83. The summed E-state index contributed by atoms with van der Waals surface area (Å²) in [7, 11) is 0. The minimum absolute atomic E-state index is 0.0683. The molecule has 3 atom stereocenters. The quantitative estimate of drug-likeness (QED) is 0.416. The van der Waals surface area contributed by atoms with Gasteiger partial charge in [0.2, 0.25) is 18.0 Å². The van der Waals surface area contributed by atoms with Crippen LogP contribution in [0.25, 0.3) is 0 Å². The molecule has 8 nitrogen and oxygen atoms in total. The van der Waals surface area contributed by atoms with Gasteiger partial charge in [0.15, 0.2) is 0 Å². The molecule has 3 N–H and O–H groups in total. The summed E-state index contributed by atoms with van der Waals surface area (Å²) in [6.07, 6.45) is -16.3. The average molecular weight is 599 g/mol. The third-order valence-electron chi connectivity index (χ3n) is 7.09. The van der Waals surface area contributed by atoms with Crippen LogP contribution in [0.3, 0.4) is 0 Å². The van der Waals surface area contributed by atoms with Crippen molar-refractivity contribution < 1.29 is 45.5 Å². The molecule has 0 aliphatic carbocycles. The number of aliphatic imine (C=N–C) groups is 1. The number of anilines is 1. The van der Waals surface area contributed by atoms with Crippen molar-refractivity contribution in [3.8, 4) is 5.75 Å². The van der Waals surface area contributed by atoms with Gasteiger partial charge in [0.25, 0.3) is 5.91 Å². The summed E-state index contributed by atoms with van der Waals surface area (Å²) >= 11 is 0. The SMILES string of the molecule is Cc1cccc(C2=N[C@H](NC(=O)[C@@H](CCC(F)(F)F)[C@@H](CCC(F)(F)F)C(N)=O)C(=O)N3CCOc4cccc2c43)c1. The van der Waals surface area contributed by atoms with Crippen molar-refractivity contribution in [2.24, 2.45) is 22.6 Å². The van der Waals surface area contributed by atoms with Crippen LogP contribution in [0.2, 0.25) is 0 Å². The molecule has 2 aromatic carbocycles. The van der Waals surface area contributed by atoms with Crippen molar-refractivity contribution in [1.29, 1.82) is 0 Å². The van der Waals surface area contributed by atoms with Gasteiger partial charge in [-0.05, 0) is 31.9 Å². The predicted molar refractivity (Wildman–Crippen MR) is 140 cm³/mol. The summed E-state index contributed by atoms with van der Waals surface area (Å²) in [6, 6.07) is 12.1. The Hall–Kier alpha value is -4.10. The summed E-state index contributed by atoms with van der Waals surface area (Å²) in [5, 5.41) is 2.32. The average Bonchev–Trinajstić information content (AvgIpc) is 3.01. The maximum absolute atomic E-state index is 13.7.